The summed E-state index contributed by atoms with van der Waals surface area (Å²) in [6.45, 7) is -0.312. The molecule has 0 atom stereocenters. The zero-order chi connectivity index (χ0) is 14.4. The molecule has 0 aliphatic carbocycles. The van der Waals surface area contributed by atoms with Crippen molar-refractivity contribution >= 4 is 27.6 Å². The molecule has 0 unspecified atom stereocenters. The van der Waals surface area contributed by atoms with Crippen LogP contribution in [-0.4, -0.2) is 48.1 Å². The largest absolute Gasteiger partial charge is 0.478 e. The van der Waals surface area contributed by atoms with E-state index in [-0.39, 0.29) is 18.1 Å². The van der Waals surface area contributed by atoms with Crippen molar-refractivity contribution in [2.24, 2.45) is 0 Å². The Labute approximate surface area is 113 Å². The zero-order valence-corrected chi connectivity index (χ0v) is 10.9. The highest BCUT2D eigenvalue weighted by Gasteiger charge is 2.38. The first-order valence-electron chi connectivity index (χ1n) is 5.14. The standard InChI is InChI=1S/C10H9ClFNO5S/c11-5-1-7(10(15)16)9(12)8(2-5)19(17,18)13-3-6(14)4-13/h1-2,6,14H,3-4H2,(H,15,16). The molecule has 0 amide bonds. The second-order valence-electron chi connectivity index (χ2n) is 4.05. The molecule has 1 aromatic carbocycles. The van der Waals surface area contributed by atoms with Crippen molar-refractivity contribution < 1.29 is 27.8 Å². The van der Waals surface area contributed by atoms with E-state index >= 15 is 0 Å². The van der Waals surface area contributed by atoms with Crippen LogP contribution in [0.2, 0.25) is 5.02 Å². The number of benzene rings is 1. The summed E-state index contributed by atoms with van der Waals surface area (Å²) in [5.41, 5.74) is -0.813. The number of carboxylic acids is 1. The van der Waals surface area contributed by atoms with Gasteiger partial charge >= 0.3 is 5.97 Å². The van der Waals surface area contributed by atoms with Crippen LogP contribution in [0.15, 0.2) is 17.0 Å². The Morgan fingerprint density at radius 3 is 2.47 bits per heavy atom. The number of aliphatic hydroxyl groups is 1. The van der Waals surface area contributed by atoms with E-state index in [0.717, 1.165) is 16.4 Å². The molecule has 1 aliphatic heterocycles. The van der Waals surface area contributed by atoms with Crippen molar-refractivity contribution in [3.8, 4) is 0 Å². The Morgan fingerprint density at radius 1 is 1.42 bits per heavy atom. The maximum absolute atomic E-state index is 13.9. The SMILES string of the molecule is O=C(O)c1cc(Cl)cc(S(=O)(=O)N2CC(O)C2)c1F. The first-order valence-corrected chi connectivity index (χ1v) is 6.96. The van der Waals surface area contributed by atoms with Gasteiger partial charge in [-0.1, -0.05) is 11.6 Å². The number of carboxylic acid groups (broad SMARTS) is 1. The van der Waals surface area contributed by atoms with Crippen LogP contribution in [-0.2, 0) is 10.0 Å². The third kappa shape index (κ3) is 2.44. The third-order valence-corrected chi connectivity index (χ3v) is 4.73. The average molecular weight is 310 g/mol. The number of sulfonamides is 1. The van der Waals surface area contributed by atoms with Crippen molar-refractivity contribution in [3.05, 3.63) is 28.5 Å². The van der Waals surface area contributed by atoms with Crippen LogP contribution >= 0.6 is 11.6 Å². The van der Waals surface area contributed by atoms with Gasteiger partial charge in [0.2, 0.25) is 10.0 Å². The van der Waals surface area contributed by atoms with Gasteiger partial charge in [-0.15, -0.1) is 0 Å². The number of aromatic carboxylic acids is 1. The van der Waals surface area contributed by atoms with E-state index in [0.29, 0.717) is 0 Å². The van der Waals surface area contributed by atoms with E-state index in [9.17, 15) is 17.6 Å². The summed E-state index contributed by atoms with van der Waals surface area (Å²) < 4.78 is 38.8. The second kappa shape index (κ2) is 4.71. The Bertz CT molecular complexity index is 642. The van der Waals surface area contributed by atoms with Crippen LogP contribution in [0.1, 0.15) is 10.4 Å². The molecule has 0 aromatic heterocycles. The van der Waals surface area contributed by atoms with E-state index in [2.05, 4.69) is 0 Å². The minimum absolute atomic E-state index is 0.156. The quantitative estimate of drug-likeness (QED) is 0.850. The molecular formula is C10H9ClFNO5S. The minimum atomic E-state index is -4.19. The number of rotatable bonds is 3. The Kier molecular flexibility index (Phi) is 3.52. The molecule has 1 heterocycles. The highest BCUT2D eigenvalue weighted by Crippen LogP contribution is 2.28. The van der Waals surface area contributed by atoms with E-state index in [1.165, 1.54) is 0 Å². The van der Waals surface area contributed by atoms with Crippen molar-refractivity contribution in [1.82, 2.24) is 4.31 Å². The first kappa shape index (κ1) is 14.2. The van der Waals surface area contributed by atoms with Gasteiger partial charge in [-0.2, -0.15) is 4.31 Å². The molecule has 1 aliphatic rings. The van der Waals surface area contributed by atoms with Crippen LogP contribution in [0.3, 0.4) is 0 Å². The number of nitrogens with zero attached hydrogens (tertiary/aromatic N) is 1. The molecule has 104 valence electrons. The number of hydrogen-bond acceptors (Lipinski definition) is 4. The van der Waals surface area contributed by atoms with Crippen molar-refractivity contribution in [3.63, 3.8) is 0 Å². The van der Waals surface area contributed by atoms with Gasteiger partial charge in [0.1, 0.15) is 4.90 Å². The molecule has 1 aromatic rings. The van der Waals surface area contributed by atoms with Gasteiger partial charge in [0.15, 0.2) is 5.82 Å². The fraction of sp³-hybridized carbons (Fsp3) is 0.300. The number of carbonyl (C=O) groups is 1. The molecular weight excluding hydrogens is 301 g/mol. The molecule has 6 nitrogen and oxygen atoms in total. The van der Waals surface area contributed by atoms with Crippen LogP contribution in [0.4, 0.5) is 4.39 Å². The zero-order valence-electron chi connectivity index (χ0n) is 9.38. The van der Waals surface area contributed by atoms with Crippen molar-refractivity contribution in [1.29, 1.82) is 0 Å². The molecule has 1 fully saturated rings. The molecule has 0 saturated carbocycles. The highest BCUT2D eigenvalue weighted by atomic mass is 35.5. The monoisotopic (exact) mass is 309 g/mol. The van der Waals surface area contributed by atoms with Gasteiger partial charge in [-0.05, 0) is 12.1 Å². The fourth-order valence-electron chi connectivity index (χ4n) is 1.66. The van der Waals surface area contributed by atoms with Gasteiger partial charge in [-0.25, -0.2) is 17.6 Å². The molecule has 2 N–H and O–H groups in total. The number of hydrogen-bond donors (Lipinski definition) is 2. The number of halogens is 2. The summed E-state index contributed by atoms with van der Waals surface area (Å²) in [6, 6.07) is 1.69. The lowest BCUT2D eigenvalue weighted by atomic mass is 10.2. The Balaban J connectivity index is 2.54. The minimum Gasteiger partial charge on any atom is -0.478 e. The second-order valence-corrected chi connectivity index (χ2v) is 6.39. The molecule has 9 heteroatoms. The van der Waals surface area contributed by atoms with Gasteiger partial charge in [0, 0.05) is 18.1 Å². The third-order valence-electron chi connectivity index (χ3n) is 2.68. The number of aliphatic hydroxyl groups excluding tert-OH is 1. The van der Waals surface area contributed by atoms with E-state index in [1.807, 2.05) is 0 Å². The van der Waals surface area contributed by atoms with Crippen LogP contribution < -0.4 is 0 Å². The normalized spacial score (nSPS) is 17.2. The lowest BCUT2D eigenvalue weighted by molar-refractivity contribution is 0.0545. The summed E-state index contributed by atoms with van der Waals surface area (Å²) in [6.07, 6.45) is -0.795. The predicted octanol–water partition coefficient (Wildman–Crippen LogP) is 0.542. The number of β-amino-alcohol motifs (C(OH)–C–C–N with tert-alkyl or cyclic N) is 1. The maximum Gasteiger partial charge on any atom is 0.338 e. The van der Waals surface area contributed by atoms with Crippen LogP contribution in [0.25, 0.3) is 0 Å². The van der Waals surface area contributed by atoms with Crippen molar-refractivity contribution in [2.75, 3.05) is 13.1 Å². The highest BCUT2D eigenvalue weighted by molar-refractivity contribution is 7.89. The summed E-state index contributed by atoms with van der Waals surface area (Å²) in [7, 11) is -4.19. The summed E-state index contributed by atoms with van der Waals surface area (Å²) >= 11 is 5.60. The summed E-state index contributed by atoms with van der Waals surface area (Å²) in [5, 5.41) is 17.7. The van der Waals surface area contributed by atoms with Crippen molar-refractivity contribution in [2.45, 2.75) is 11.0 Å². The molecule has 19 heavy (non-hydrogen) atoms. The lowest BCUT2D eigenvalue weighted by Crippen LogP contribution is -2.53. The van der Waals surface area contributed by atoms with Gasteiger partial charge in [-0.3, -0.25) is 0 Å². The molecule has 0 spiro atoms. The topological polar surface area (TPSA) is 94.9 Å². The Hall–Kier alpha value is -1.22. The smallest absolute Gasteiger partial charge is 0.338 e. The first-order chi connectivity index (χ1) is 8.73. The lowest BCUT2D eigenvalue weighted by Gasteiger charge is -2.34. The molecule has 1 saturated heterocycles. The summed E-state index contributed by atoms with van der Waals surface area (Å²) in [4.78, 5) is 10.0. The van der Waals surface area contributed by atoms with Crippen LogP contribution in [0.5, 0.6) is 0 Å². The predicted molar refractivity (Wildman–Crippen MR) is 63.1 cm³/mol. The van der Waals surface area contributed by atoms with Gasteiger partial charge < -0.3 is 10.2 Å². The summed E-state index contributed by atoms with van der Waals surface area (Å²) in [5.74, 6) is -2.97. The van der Waals surface area contributed by atoms with E-state index in [1.54, 1.807) is 0 Å². The van der Waals surface area contributed by atoms with E-state index in [4.69, 9.17) is 21.8 Å². The van der Waals surface area contributed by atoms with Crippen LogP contribution in [0, 0.1) is 5.82 Å². The molecule has 2 rings (SSSR count). The maximum atomic E-state index is 13.9. The Morgan fingerprint density at radius 2 is 2.00 bits per heavy atom. The average Bonchev–Trinajstić information content (AvgIpc) is 2.27. The molecule has 0 bridgehead atoms. The van der Waals surface area contributed by atoms with Gasteiger partial charge in [0.05, 0.1) is 11.7 Å². The van der Waals surface area contributed by atoms with Gasteiger partial charge in [0.25, 0.3) is 0 Å². The fourth-order valence-corrected chi connectivity index (χ4v) is 3.57. The molecule has 0 radical (unpaired) electrons. The van der Waals surface area contributed by atoms with E-state index < -0.39 is 38.4 Å².